The van der Waals surface area contributed by atoms with Gasteiger partial charge in [-0.2, -0.15) is 0 Å². The molecule has 3 nitrogen and oxygen atoms in total. The average Bonchev–Trinajstić information content (AvgIpc) is 3.13. The molecule has 0 spiro atoms. The largest absolute Gasteiger partial charge is 0.398 e. The van der Waals surface area contributed by atoms with Crippen LogP contribution in [0.25, 0.3) is 0 Å². The van der Waals surface area contributed by atoms with Crippen molar-refractivity contribution in [2.24, 2.45) is 0 Å². The van der Waals surface area contributed by atoms with Gasteiger partial charge in [-0.1, -0.05) is 6.07 Å². The van der Waals surface area contributed by atoms with E-state index in [-0.39, 0.29) is 0 Å². The Balaban J connectivity index is 1.90. The number of hydrogen-bond acceptors (Lipinski definition) is 3. The van der Waals surface area contributed by atoms with Gasteiger partial charge in [0.25, 0.3) is 0 Å². The van der Waals surface area contributed by atoms with E-state index < -0.39 is 0 Å². The maximum Gasteiger partial charge on any atom is 0.0391 e. The summed E-state index contributed by atoms with van der Waals surface area (Å²) in [5.41, 5.74) is 9.05. The number of hydrogen-bond donors (Lipinski definition) is 2. The molecule has 0 aromatic heterocycles. The van der Waals surface area contributed by atoms with E-state index in [1.54, 1.807) is 0 Å². The van der Waals surface area contributed by atoms with Crippen molar-refractivity contribution < 1.29 is 0 Å². The van der Waals surface area contributed by atoms with Crippen molar-refractivity contribution in [3.63, 3.8) is 0 Å². The molecule has 1 fully saturated rings. The van der Waals surface area contributed by atoms with Gasteiger partial charge in [-0.25, -0.2) is 0 Å². The van der Waals surface area contributed by atoms with Gasteiger partial charge < -0.3 is 11.1 Å². The van der Waals surface area contributed by atoms with E-state index in [2.05, 4.69) is 37.2 Å². The Morgan fingerprint density at radius 1 is 1.47 bits per heavy atom. The van der Waals surface area contributed by atoms with Crippen LogP contribution in [0.15, 0.2) is 18.2 Å². The van der Waals surface area contributed by atoms with Crippen LogP contribution >= 0.6 is 0 Å². The normalized spacial score (nSPS) is 17.2. The maximum absolute atomic E-state index is 5.89. The molecule has 0 radical (unpaired) electrons. The summed E-state index contributed by atoms with van der Waals surface area (Å²) in [6.07, 6.45) is 2.72. The van der Waals surface area contributed by atoms with Crippen molar-refractivity contribution >= 4 is 11.4 Å². The van der Waals surface area contributed by atoms with Crippen molar-refractivity contribution in [2.45, 2.75) is 38.8 Å². The van der Waals surface area contributed by atoms with Crippen LogP contribution in [0, 0.1) is 6.92 Å². The molecule has 0 heterocycles. The molecule has 1 aliphatic carbocycles. The highest BCUT2D eigenvalue weighted by molar-refractivity contribution is 5.62. The first-order chi connectivity index (χ1) is 8.09. The van der Waals surface area contributed by atoms with Gasteiger partial charge in [-0.3, -0.25) is 4.90 Å². The third kappa shape index (κ3) is 2.91. The molecule has 3 heteroatoms. The van der Waals surface area contributed by atoms with Gasteiger partial charge in [0.05, 0.1) is 0 Å². The molecule has 0 bridgehead atoms. The SMILES string of the molecule is Cc1c(N)cccc1NCC(C)N(C)C1CC1. The molecule has 1 aromatic rings. The van der Waals surface area contributed by atoms with E-state index in [9.17, 15) is 0 Å². The van der Waals surface area contributed by atoms with Crippen LogP contribution in [0.3, 0.4) is 0 Å². The highest BCUT2D eigenvalue weighted by atomic mass is 15.2. The fourth-order valence-corrected chi connectivity index (χ4v) is 2.09. The lowest BCUT2D eigenvalue weighted by Crippen LogP contribution is -2.36. The molecular formula is C14H23N3. The first kappa shape index (κ1) is 12.2. The standard InChI is InChI=1S/C14H23N3/c1-10(17(3)12-7-8-12)9-16-14-6-4-5-13(15)11(14)2/h4-6,10,12,16H,7-9,15H2,1-3H3. The molecule has 1 saturated carbocycles. The van der Waals surface area contributed by atoms with Crippen LogP contribution in [0.2, 0.25) is 0 Å². The molecular weight excluding hydrogens is 210 g/mol. The van der Waals surface area contributed by atoms with Crippen LogP contribution in [0.1, 0.15) is 25.3 Å². The zero-order valence-corrected chi connectivity index (χ0v) is 11.0. The van der Waals surface area contributed by atoms with Crippen molar-refractivity contribution in [1.82, 2.24) is 4.90 Å². The quantitative estimate of drug-likeness (QED) is 0.768. The maximum atomic E-state index is 5.89. The number of likely N-dealkylation sites (N-methyl/N-ethyl adjacent to an activating group) is 1. The zero-order chi connectivity index (χ0) is 12.4. The smallest absolute Gasteiger partial charge is 0.0391 e. The van der Waals surface area contributed by atoms with Crippen molar-refractivity contribution in [3.05, 3.63) is 23.8 Å². The Labute approximate surface area is 104 Å². The van der Waals surface area contributed by atoms with Crippen LogP contribution < -0.4 is 11.1 Å². The topological polar surface area (TPSA) is 41.3 Å². The molecule has 94 valence electrons. The first-order valence-corrected chi connectivity index (χ1v) is 6.40. The van der Waals surface area contributed by atoms with E-state index in [0.717, 1.165) is 29.5 Å². The highest BCUT2D eigenvalue weighted by Crippen LogP contribution is 2.27. The Bertz CT molecular complexity index is 385. The fraction of sp³-hybridized carbons (Fsp3) is 0.571. The van der Waals surface area contributed by atoms with Gasteiger partial charge in [0.1, 0.15) is 0 Å². The van der Waals surface area contributed by atoms with Crippen molar-refractivity contribution in [2.75, 3.05) is 24.6 Å². The van der Waals surface area contributed by atoms with E-state index >= 15 is 0 Å². The highest BCUT2D eigenvalue weighted by Gasteiger charge is 2.28. The van der Waals surface area contributed by atoms with E-state index in [4.69, 9.17) is 5.73 Å². The number of nitrogens with zero attached hydrogens (tertiary/aromatic N) is 1. The molecule has 1 aromatic carbocycles. The van der Waals surface area contributed by atoms with Gasteiger partial charge in [-0.05, 0) is 51.4 Å². The minimum absolute atomic E-state index is 0.559. The summed E-state index contributed by atoms with van der Waals surface area (Å²) in [6.45, 7) is 5.30. The van der Waals surface area contributed by atoms with Crippen molar-refractivity contribution in [1.29, 1.82) is 0 Å². The summed E-state index contributed by atoms with van der Waals surface area (Å²) in [5, 5.41) is 3.50. The number of nitrogen functional groups attached to an aromatic ring is 1. The van der Waals surface area contributed by atoms with E-state index in [1.807, 2.05) is 12.1 Å². The number of rotatable bonds is 5. The van der Waals surface area contributed by atoms with Gasteiger partial charge in [0.2, 0.25) is 0 Å². The minimum atomic E-state index is 0.559. The van der Waals surface area contributed by atoms with Gasteiger partial charge >= 0.3 is 0 Å². The second kappa shape index (κ2) is 4.96. The number of benzene rings is 1. The van der Waals surface area contributed by atoms with Crippen LogP contribution in [0.5, 0.6) is 0 Å². The van der Waals surface area contributed by atoms with Crippen molar-refractivity contribution in [3.8, 4) is 0 Å². The third-order valence-corrected chi connectivity index (χ3v) is 3.78. The predicted octanol–water partition coefficient (Wildman–Crippen LogP) is 2.47. The third-order valence-electron chi connectivity index (χ3n) is 3.78. The summed E-state index contributed by atoms with van der Waals surface area (Å²) >= 11 is 0. The lowest BCUT2D eigenvalue weighted by atomic mass is 10.1. The summed E-state index contributed by atoms with van der Waals surface area (Å²) in [4.78, 5) is 2.47. The minimum Gasteiger partial charge on any atom is -0.398 e. The Kier molecular flexibility index (Phi) is 3.57. The molecule has 1 aliphatic rings. The number of anilines is 2. The van der Waals surface area contributed by atoms with E-state index in [0.29, 0.717) is 6.04 Å². The van der Waals surface area contributed by atoms with E-state index in [1.165, 1.54) is 12.8 Å². The molecule has 0 amide bonds. The summed E-state index contributed by atoms with van der Waals surface area (Å²) in [5.74, 6) is 0. The molecule has 0 saturated heterocycles. The Morgan fingerprint density at radius 3 is 2.82 bits per heavy atom. The Morgan fingerprint density at radius 2 is 2.18 bits per heavy atom. The Hall–Kier alpha value is -1.22. The fourth-order valence-electron chi connectivity index (χ4n) is 2.09. The molecule has 3 N–H and O–H groups in total. The molecule has 2 rings (SSSR count). The molecule has 1 unspecified atom stereocenters. The first-order valence-electron chi connectivity index (χ1n) is 6.40. The molecule has 17 heavy (non-hydrogen) atoms. The predicted molar refractivity (Wildman–Crippen MR) is 74.3 cm³/mol. The zero-order valence-electron chi connectivity index (χ0n) is 11.0. The monoisotopic (exact) mass is 233 g/mol. The second-order valence-electron chi connectivity index (χ2n) is 5.15. The second-order valence-corrected chi connectivity index (χ2v) is 5.15. The van der Waals surface area contributed by atoms with Crippen LogP contribution in [-0.2, 0) is 0 Å². The molecule has 1 atom stereocenters. The lowest BCUT2D eigenvalue weighted by molar-refractivity contribution is 0.257. The van der Waals surface area contributed by atoms with Gasteiger partial charge in [0, 0.05) is 30.0 Å². The number of nitrogens with two attached hydrogens (primary N) is 1. The van der Waals surface area contributed by atoms with Crippen LogP contribution in [0.4, 0.5) is 11.4 Å². The summed E-state index contributed by atoms with van der Waals surface area (Å²) < 4.78 is 0. The summed E-state index contributed by atoms with van der Waals surface area (Å²) in [7, 11) is 2.22. The molecule has 0 aliphatic heterocycles. The van der Waals surface area contributed by atoms with Gasteiger partial charge in [-0.15, -0.1) is 0 Å². The van der Waals surface area contributed by atoms with Crippen LogP contribution in [-0.4, -0.2) is 30.6 Å². The van der Waals surface area contributed by atoms with Gasteiger partial charge in [0.15, 0.2) is 0 Å². The average molecular weight is 233 g/mol. The summed E-state index contributed by atoms with van der Waals surface area (Å²) in [6, 6.07) is 7.41. The lowest BCUT2D eigenvalue weighted by Gasteiger charge is -2.25. The number of nitrogens with one attached hydrogen (secondary N) is 1.